The highest BCUT2D eigenvalue weighted by atomic mass is 16.2. The molecule has 1 N–H and O–H groups in total. The molecule has 0 spiro atoms. The standard InChI is InChI=1S/C8H12N2O/c1-2-3-5-10-6-4-9-7-8(10)11/h1,9H,3-7H2. The summed E-state index contributed by atoms with van der Waals surface area (Å²) in [6.45, 7) is 2.85. The molecule has 1 fully saturated rings. The van der Waals surface area contributed by atoms with Crippen molar-refractivity contribution < 1.29 is 4.79 Å². The molecule has 0 aromatic heterocycles. The molecule has 0 saturated carbocycles. The van der Waals surface area contributed by atoms with Gasteiger partial charge in [-0.15, -0.1) is 12.3 Å². The SMILES string of the molecule is C#CCCN1CCNCC1=O. The molecular formula is C8H12N2O. The molecule has 0 aromatic carbocycles. The highest BCUT2D eigenvalue weighted by Gasteiger charge is 2.15. The van der Waals surface area contributed by atoms with Gasteiger partial charge in [0.1, 0.15) is 0 Å². The Morgan fingerprint density at radius 1 is 1.73 bits per heavy atom. The molecule has 60 valence electrons. The van der Waals surface area contributed by atoms with Crippen LogP contribution in [0, 0.1) is 12.3 Å². The Kier molecular flexibility index (Phi) is 2.94. The molecule has 3 nitrogen and oxygen atoms in total. The van der Waals surface area contributed by atoms with E-state index in [9.17, 15) is 4.79 Å². The fourth-order valence-electron chi connectivity index (χ4n) is 1.08. The van der Waals surface area contributed by atoms with Gasteiger partial charge in [-0.25, -0.2) is 0 Å². The van der Waals surface area contributed by atoms with Crippen LogP contribution in [-0.2, 0) is 4.79 Å². The van der Waals surface area contributed by atoms with E-state index in [2.05, 4.69) is 11.2 Å². The van der Waals surface area contributed by atoms with Gasteiger partial charge in [0, 0.05) is 26.1 Å². The number of carbonyl (C=O) groups excluding carboxylic acids is 1. The molecule has 0 radical (unpaired) electrons. The first-order valence-electron chi connectivity index (χ1n) is 3.76. The van der Waals surface area contributed by atoms with Crippen LogP contribution in [0.3, 0.4) is 0 Å². The van der Waals surface area contributed by atoms with Crippen LogP contribution in [-0.4, -0.2) is 37.0 Å². The monoisotopic (exact) mass is 152 g/mol. The molecule has 1 saturated heterocycles. The number of nitrogens with zero attached hydrogens (tertiary/aromatic N) is 1. The van der Waals surface area contributed by atoms with Crippen molar-refractivity contribution in [2.45, 2.75) is 6.42 Å². The number of nitrogens with one attached hydrogen (secondary N) is 1. The van der Waals surface area contributed by atoms with Gasteiger partial charge >= 0.3 is 0 Å². The van der Waals surface area contributed by atoms with Gasteiger partial charge in [-0.1, -0.05) is 0 Å². The number of terminal acetylenes is 1. The first-order chi connectivity index (χ1) is 5.34. The summed E-state index contributed by atoms with van der Waals surface area (Å²) in [5, 5.41) is 3.00. The van der Waals surface area contributed by atoms with E-state index >= 15 is 0 Å². The van der Waals surface area contributed by atoms with Crippen LogP contribution >= 0.6 is 0 Å². The second kappa shape index (κ2) is 3.99. The summed E-state index contributed by atoms with van der Waals surface area (Å²) in [6.07, 6.45) is 5.75. The summed E-state index contributed by atoms with van der Waals surface area (Å²) in [7, 11) is 0. The summed E-state index contributed by atoms with van der Waals surface area (Å²) in [6, 6.07) is 0. The van der Waals surface area contributed by atoms with Crippen molar-refractivity contribution in [3.05, 3.63) is 0 Å². The lowest BCUT2D eigenvalue weighted by Crippen LogP contribution is -2.48. The van der Waals surface area contributed by atoms with Crippen molar-refractivity contribution in [2.75, 3.05) is 26.2 Å². The van der Waals surface area contributed by atoms with Crippen LogP contribution < -0.4 is 5.32 Å². The first-order valence-corrected chi connectivity index (χ1v) is 3.76. The van der Waals surface area contributed by atoms with Gasteiger partial charge in [-0.05, 0) is 0 Å². The molecule has 1 aliphatic heterocycles. The Morgan fingerprint density at radius 2 is 2.55 bits per heavy atom. The number of hydrogen-bond acceptors (Lipinski definition) is 2. The predicted octanol–water partition coefficient (Wildman–Crippen LogP) is -0.558. The summed E-state index contributed by atoms with van der Waals surface area (Å²) in [5.41, 5.74) is 0. The molecular weight excluding hydrogens is 140 g/mol. The molecule has 0 aromatic rings. The zero-order valence-corrected chi connectivity index (χ0v) is 6.47. The maximum Gasteiger partial charge on any atom is 0.236 e. The van der Waals surface area contributed by atoms with E-state index in [1.807, 2.05) is 0 Å². The average molecular weight is 152 g/mol. The van der Waals surface area contributed by atoms with Gasteiger partial charge < -0.3 is 10.2 Å². The van der Waals surface area contributed by atoms with E-state index in [4.69, 9.17) is 6.42 Å². The molecule has 1 amide bonds. The molecule has 3 heteroatoms. The molecule has 1 heterocycles. The van der Waals surface area contributed by atoms with E-state index in [0.717, 1.165) is 13.1 Å². The van der Waals surface area contributed by atoms with Crippen molar-refractivity contribution in [3.63, 3.8) is 0 Å². The molecule has 11 heavy (non-hydrogen) atoms. The third-order valence-corrected chi connectivity index (χ3v) is 1.71. The summed E-state index contributed by atoms with van der Waals surface area (Å²) < 4.78 is 0. The van der Waals surface area contributed by atoms with Crippen LogP contribution in [0.4, 0.5) is 0 Å². The topological polar surface area (TPSA) is 32.3 Å². The Morgan fingerprint density at radius 3 is 3.18 bits per heavy atom. The number of piperazine rings is 1. The Labute approximate surface area is 66.8 Å². The lowest BCUT2D eigenvalue weighted by molar-refractivity contribution is -0.131. The minimum absolute atomic E-state index is 0.159. The summed E-state index contributed by atoms with van der Waals surface area (Å²) in [5.74, 6) is 2.68. The fourth-order valence-corrected chi connectivity index (χ4v) is 1.08. The minimum Gasteiger partial charge on any atom is -0.339 e. The van der Waals surface area contributed by atoms with Crippen molar-refractivity contribution in [1.29, 1.82) is 0 Å². The molecule has 1 rings (SSSR count). The fraction of sp³-hybridized carbons (Fsp3) is 0.625. The van der Waals surface area contributed by atoms with E-state index in [0.29, 0.717) is 19.5 Å². The number of carbonyl (C=O) groups is 1. The maximum atomic E-state index is 11.1. The van der Waals surface area contributed by atoms with E-state index < -0.39 is 0 Å². The van der Waals surface area contributed by atoms with Gasteiger partial charge in [0.2, 0.25) is 5.91 Å². The quantitative estimate of drug-likeness (QED) is 0.538. The minimum atomic E-state index is 0.159. The van der Waals surface area contributed by atoms with Crippen LogP contribution in [0.1, 0.15) is 6.42 Å². The number of amides is 1. The van der Waals surface area contributed by atoms with E-state index in [1.54, 1.807) is 4.90 Å². The maximum absolute atomic E-state index is 11.1. The van der Waals surface area contributed by atoms with Crippen molar-refractivity contribution >= 4 is 5.91 Å². The van der Waals surface area contributed by atoms with Gasteiger partial charge in [0.25, 0.3) is 0 Å². The van der Waals surface area contributed by atoms with Gasteiger partial charge in [-0.2, -0.15) is 0 Å². The largest absolute Gasteiger partial charge is 0.339 e. The Balaban J connectivity index is 2.31. The summed E-state index contributed by atoms with van der Waals surface area (Å²) in [4.78, 5) is 12.9. The number of hydrogen-bond donors (Lipinski definition) is 1. The average Bonchev–Trinajstić information content (AvgIpc) is 2.03. The number of rotatable bonds is 2. The molecule has 1 aliphatic rings. The van der Waals surface area contributed by atoms with Gasteiger partial charge in [-0.3, -0.25) is 4.79 Å². The smallest absolute Gasteiger partial charge is 0.236 e. The molecule has 0 aliphatic carbocycles. The van der Waals surface area contributed by atoms with Crippen LogP contribution in [0.2, 0.25) is 0 Å². The zero-order chi connectivity index (χ0) is 8.10. The van der Waals surface area contributed by atoms with Crippen molar-refractivity contribution in [1.82, 2.24) is 10.2 Å². The molecule has 0 unspecified atom stereocenters. The highest BCUT2D eigenvalue weighted by molar-refractivity contribution is 5.78. The van der Waals surface area contributed by atoms with E-state index in [-0.39, 0.29) is 5.91 Å². The third-order valence-electron chi connectivity index (χ3n) is 1.71. The molecule has 0 bridgehead atoms. The van der Waals surface area contributed by atoms with Crippen LogP contribution in [0.15, 0.2) is 0 Å². The zero-order valence-electron chi connectivity index (χ0n) is 6.47. The normalized spacial score (nSPS) is 18.1. The molecule has 0 atom stereocenters. The highest BCUT2D eigenvalue weighted by Crippen LogP contribution is 1.94. The second-order valence-electron chi connectivity index (χ2n) is 2.51. The van der Waals surface area contributed by atoms with Crippen LogP contribution in [0.5, 0.6) is 0 Å². The van der Waals surface area contributed by atoms with E-state index in [1.165, 1.54) is 0 Å². The van der Waals surface area contributed by atoms with Crippen molar-refractivity contribution in [2.24, 2.45) is 0 Å². The summed E-state index contributed by atoms with van der Waals surface area (Å²) >= 11 is 0. The van der Waals surface area contributed by atoms with Crippen molar-refractivity contribution in [3.8, 4) is 12.3 Å². The first kappa shape index (κ1) is 8.09. The van der Waals surface area contributed by atoms with Gasteiger partial charge in [0.15, 0.2) is 0 Å². The van der Waals surface area contributed by atoms with Gasteiger partial charge in [0.05, 0.1) is 6.54 Å². The second-order valence-corrected chi connectivity index (χ2v) is 2.51. The van der Waals surface area contributed by atoms with Crippen LogP contribution in [0.25, 0.3) is 0 Å². The lowest BCUT2D eigenvalue weighted by Gasteiger charge is -2.26. The Bertz CT molecular complexity index is 183. The Hall–Kier alpha value is -1.01. The predicted molar refractivity (Wildman–Crippen MR) is 42.9 cm³/mol. The third kappa shape index (κ3) is 2.24. The lowest BCUT2D eigenvalue weighted by atomic mass is 10.3.